The minimum absolute atomic E-state index is 0.142. The van der Waals surface area contributed by atoms with Gasteiger partial charge in [0.05, 0.1) is 11.5 Å². The van der Waals surface area contributed by atoms with E-state index in [1.54, 1.807) is 0 Å². The maximum Gasteiger partial charge on any atom is 0.233 e. The van der Waals surface area contributed by atoms with Crippen molar-refractivity contribution in [3.8, 4) is 0 Å². The lowest BCUT2D eigenvalue weighted by Gasteiger charge is -2.30. The van der Waals surface area contributed by atoms with Crippen molar-refractivity contribution in [3.63, 3.8) is 0 Å². The lowest BCUT2D eigenvalue weighted by atomic mass is 9.93. The molecule has 1 saturated carbocycles. The van der Waals surface area contributed by atoms with E-state index in [1.807, 2.05) is 53.4 Å². The van der Waals surface area contributed by atoms with Crippen LogP contribution in [0.1, 0.15) is 49.3 Å². The van der Waals surface area contributed by atoms with E-state index in [2.05, 4.69) is 12.1 Å². The van der Waals surface area contributed by atoms with Crippen molar-refractivity contribution in [1.29, 1.82) is 0 Å². The number of aliphatic hydroxyl groups is 1. The number of carbonyl (C=O) groups excluding carboxylic acids is 1. The first-order valence-corrected chi connectivity index (χ1v) is 9.30. The molecule has 0 spiro atoms. The number of nitrogens with zero attached hydrogens (tertiary/aromatic N) is 1. The fraction of sp³-hybridized carbons (Fsp3) is 0.409. The minimum Gasteiger partial charge on any atom is -0.388 e. The second-order valence-corrected chi connectivity index (χ2v) is 7.40. The Morgan fingerprint density at radius 1 is 1.08 bits per heavy atom. The zero-order valence-corrected chi connectivity index (χ0v) is 14.5. The lowest BCUT2D eigenvalue weighted by Crippen LogP contribution is -2.42. The van der Waals surface area contributed by atoms with Gasteiger partial charge in [-0.25, -0.2) is 0 Å². The van der Waals surface area contributed by atoms with E-state index in [9.17, 15) is 9.90 Å². The highest BCUT2D eigenvalue weighted by Gasteiger charge is 2.54. The van der Waals surface area contributed by atoms with Gasteiger partial charge in [0.2, 0.25) is 5.91 Å². The van der Waals surface area contributed by atoms with Gasteiger partial charge in [-0.1, -0.05) is 60.7 Å². The third-order valence-electron chi connectivity index (χ3n) is 5.80. The van der Waals surface area contributed by atoms with Crippen LogP contribution in [0.15, 0.2) is 60.7 Å². The molecule has 0 radical (unpaired) electrons. The summed E-state index contributed by atoms with van der Waals surface area (Å²) in [5, 5.41) is 10.6. The molecule has 2 aromatic rings. The average Bonchev–Trinajstić information content (AvgIpc) is 3.36. The molecule has 2 fully saturated rings. The van der Waals surface area contributed by atoms with E-state index in [4.69, 9.17) is 0 Å². The maximum atomic E-state index is 13.3. The highest BCUT2D eigenvalue weighted by molar-refractivity contribution is 5.91. The summed E-state index contributed by atoms with van der Waals surface area (Å²) in [7, 11) is 0. The van der Waals surface area contributed by atoms with Crippen LogP contribution < -0.4 is 0 Å². The second-order valence-electron chi connectivity index (χ2n) is 7.40. The van der Waals surface area contributed by atoms with Crippen molar-refractivity contribution in [2.45, 2.75) is 49.7 Å². The summed E-state index contributed by atoms with van der Waals surface area (Å²) in [6, 6.07) is 20.1. The first-order valence-electron chi connectivity index (χ1n) is 9.30. The third kappa shape index (κ3) is 3.09. The van der Waals surface area contributed by atoms with E-state index < -0.39 is 6.10 Å². The summed E-state index contributed by atoms with van der Waals surface area (Å²) in [5.74, 6) is 0.265. The predicted molar refractivity (Wildman–Crippen MR) is 98.1 cm³/mol. The molecule has 25 heavy (non-hydrogen) atoms. The summed E-state index contributed by atoms with van der Waals surface area (Å²) >= 11 is 0. The van der Waals surface area contributed by atoms with Crippen LogP contribution in [-0.4, -0.2) is 28.5 Å². The van der Waals surface area contributed by atoms with Crippen molar-refractivity contribution in [3.05, 3.63) is 71.8 Å². The Bertz CT molecular complexity index is 724. The number of hydrogen-bond donors (Lipinski definition) is 1. The molecule has 4 rings (SSSR count). The Kier molecular flexibility index (Phi) is 4.34. The standard InChI is InChI=1S/C22H25NO2/c24-20(17-8-3-1-4-9-17)16-19-12-7-15-23(19)21(25)22(13-14-22)18-10-5-2-6-11-18/h1-6,8-11,19-20,24H,7,12-16H2. The van der Waals surface area contributed by atoms with Crippen molar-refractivity contribution in [2.24, 2.45) is 0 Å². The fourth-order valence-electron chi connectivity index (χ4n) is 4.20. The first-order chi connectivity index (χ1) is 12.2. The molecule has 1 aliphatic heterocycles. The Morgan fingerprint density at radius 2 is 1.72 bits per heavy atom. The molecule has 0 aromatic heterocycles. The Morgan fingerprint density at radius 3 is 2.36 bits per heavy atom. The topological polar surface area (TPSA) is 40.5 Å². The number of likely N-dealkylation sites (tertiary alicyclic amines) is 1. The SMILES string of the molecule is O=C(N1CCCC1CC(O)c1ccccc1)C1(c2ccccc2)CC1. The van der Waals surface area contributed by atoms with Crippen molar-refractivity contribution < 1.29 is 9.90 Å². The lowest BCUT2D eigenvalue weighted by molar-refractivity contribution is -0.135. The summed E-state index contributed by atoms with van der Waals surface area (Å²) in [6.45, 7) is 0.819. The van der Waals surface area contributed by atoms with Gasteiger partial charge in [0.25, 0.3) is 0 Å². The van der Waals surface area contributed by atoms with Gasteiger partial charge in [0.15, 0.2) is 0 Å². The van der Waals surface area contributed by atoms with E-state index in [0.29, 0.717) is 6.42 Å². The summed E-state index contributed by atoms with van der Waals surface area (Å²) in [4.78, 5) is 15.4. The number of aliphatic hydroxyl groups excluding tert-OH is 1. The summed E-state index contributed by atoms with van der Waals surface area (Å²) in [5.41, 5.74) is 1.78. The Labute approximate surface area is 149 Å². The number of carbonyl (C=O) groups is 1. The molecule has 1 heterocycles. The van der Waals surface area contributed by atoms with Crippen molar-refractivity contribution in [2.75, 3.05) is 6.54 Å². The molecule has 1 saturated heterocycles. The molecule has 2 unspecified atom stereocenters. The molecule has 1 amide bonds. The average molecular weight is 335 g/mol. The maximum absolute atomic E-state index is 13.3. The van der Waals surface area contributed by atoms with Crippen molar-refractivity contribution in [1.82, 2.24) is 4.90 Å². The monoisotopic (exact) mass is 335 g/mol. The number of benzene rings is 2. The van der Waals surface area contributed by atoms with Gasteiger partial charge in [0, 0.05) is 12.6 Å². The van der Waals surface area contributed by atoms with Crippen LogP contribution in [-0.2, 0) is 10.2 Å². The van der Waals surface area contributed by atoms with E-state index in [1.165, 1.54) is 0 Å². The van der Waals surface area contributed by atoms with Crippen LogP contribution in [0.5, 0.6) is 0 Å². The highest BCUT2D eigenvalue weighted by atomic mass is 16.3. The van der Waals surface area contributed by atoms with E-state index in [0.717, 1.165) is 43.4 Å². The number of hydrogen-bond acceptors (Lipinski definition) is 2. The Hall–Kier alpha value is -2.13. The zero-order chi connectivity index (χ0) is 17.3. The Balaban J connectivity index is 1.49. The highest BCUT2D eigenvalue weighted by Crippen LogP contribution is 2.50. The number of rotatable bonds is 5. The van der Waals surface area contributed by atoms with Gasteiger partial charge < -0.3 is 10.0 Å². The molecule has 2 aromatic carbocycles. The molecule has 1 N–H and O–H groups in total. The smallest absolute Gasteiger partial charge is 0.233 e. The normalized spacial score (nSPS) is 22.6. The van der Waals surface area contributed by atoms with Crippen LogP contribution in [0.4, 0.5) is 0 Å². The van der Waals surface area contributed by atoms with Gasteiger partial charge >= 0.3 is 0 Å². The van der Waals surface area contributed by atoms with Gasteiger partial charge in [-0.2, -0.15) is 0 Å². The van der Waals surface area contributed by atoms with Gasteiger partial charge in [-0.15, -0.1) is 0 Å². The zero-order valence-electron chi connectivity index (χ0n) is 14.5. The van der Waals surface area contributed by atoms with E-state index >= 15 is 0 Å². The molecule has 130 valence electrons. The van der Waals surface area contributed by atoms with Crippen molar-refractivity contribution >= 4 is 5.91 Å². The molecule has 3 heteroatoms. The molecular formula is C22H25NO2. The first kappa shape index (κ1) is 16.3. The van der Waals surface area contributed by atoms with Crippen LogP contribution >= 0.6 is 0 Å². The van der Waals surface area contributed by atoms with Crippen LogP contribution in [0.2, 0.25) is 0 Å². The van der Waals surface area contributed by atoms with Gasteiger partial charge in [0.1, 0.15) is 0 Å². The third-order valence-corrected chi connectivity index (χ3v) is 5.80. The second kappa shape index (κ2) is 6.64. The van der Waals surface area contributed by atoms with E-state index in [-0.39, 0.29) is 17.4 Å². The molecule has 2 atom stereocenters. The van der Waals surface area contributed by atoms with Crippen LogP contribution in [0, 0.1) is 0 Å². The largest absolute Gasteiger partial charge is 0.388 e. The fourth-order valence-corrected chi connectivity index (χ4v) is 4.20. The predicted octanol–water partition coefficient (Wildman–Crippen LogP) is 3.83. The number of amides is 1. The molecular weight excluding hydrogens is 310 g/mol. The van der Waals surface area contributed by atoms with Crippen LogP contribution in [0.25, 0.3) is 0 Å². The summed E-state index contributed by atoms with van der Waals surface area (Å²) < 4.78 is 0. The molecule has 2 aliphatic rings. The summed E-state index contributed by atoms with van der Waals surface area (Å²) in [6.07, 6.45) is 4.02. The van der Waals surface area contributed by atoms with Gasteiger partial charge in [-0.3, -0.25) is 4.79 Å². The molecule has 3 nitrogen and oxygen atoms in total. The molecule has 0 bridgehead atoms. The quantitative estimate of drug-likeness (QED) is 0.902. The van der Waals surface area contributed by atoms with Gasteiger partial charge in [-0.05, 0) is 43.2 Å². The minimum atomic E-state index is -0.508. The van der Waals surface area contributed by atoms with Crippen LogP contribution in [0.3, 0.4) is 0 Å². The molecule has 1 aliphatic carbocycles.